The van der Waals surface area contributed by atoms with Crippen LogP contribution in [0.4, 0.5) is 16.2 Å². The highest BCUT2D eigenvalue weighted by molar-refractivity contribution is 6.04. The molecule has 2 aliphatic heterocycles. The predicted molar refractivity (Wildman–Crippen MR) is 137 cm³/mol. The molecule has 4 aliphatic rings. The Labute approximate surface area is 205 Å². The van der Waals surface area contributed by atoms with Crippen LogP contribution in [0.1, 0.15) is 37.3 Å². The third-order valence-corrected chi connectivity index (χ3v) is 7.45. The Bertz CT molecular complexity index is 1240. The van der Waals surface area contributed by atoms with Gasteiger partial charge in [0, 0.05) is 37.8 Å². The first-order chi connectivity index (χ1) is 17.0. The number of amidine groups is 1. The zero-order valence-corrected chi connectivity index (χ0v) is 20.4. The van der Waals surface area contributed by atoms with Crippen LogP contribution in [0.2, 0.25) is 0 Å². The second-order valence-electron chi connectivity index (χ2n) is 10.1. The number of rotatable bonds is 5. The minimum absolute atomic E-state index is 0.175. The van der Waals surface area contributed by atoms with E-state index in [0.717, 1.165) is 61.9 Å². The molecule has 0 amide bonds. The predicted octanol–water partition coefficient (Wildman–Crippen LogP) is 4.67. The first-order valence-electron chi connectivity index (χ1n) is 12.5. The number of anilines is 2. The molecule has 0 radical (unpaired) electrons. The molecule has 0 unspecified atom stereocenters. The molecule has 8 heteroatoms. The average Bonchev–Trinajstić information content (AvgIpc) is 3.41. The standard InChI is InChI=1S/C27H31FN6O/c1-17-12-19-6-7-22(26(28)21(19)13-17)35-25-15-24(34-10-8-33(2)9-11-34)31-27(32-25)30-23-14-20(16-29-23)18-4-3-5-18/h6-7,13-15,18H,3-5,8-12,16H2,1-2H3,(H,29,30,31,32). The summed E-state index contributed by atoms with van der Waals surface area (Å²) in [7, 11) is 2.12. The molecule has 3 heterocycles. The van der Waals surface area contributed by atoms with E-state index in [9.17, 15) is 0 Å². The van der Waals surface area contributed by atoms with Crippen molar-refractivity contribution >= 4 is 23.7 Å². The quantitative estimate of drug-likeness (QED) is 0.680. The molecule has 1 aromatic heterocycles. The van der Waals surface area contributed by atoms with Crippen molar-refractivity contribution < 1.29 is 9.13 Å². The maximum Gasteiger partial charge on any atom is 0.233 e. The van der Waals surface area contributed by atoms with Crippen molar-refractivity contribution in [2.45, 2.75) is 32.6 Å². The second-order valence-corrected chi connectivity index (χ2v) is 10.1. The van der Waals surface area contributed by atoms with Gasteiger partial charge in [-0.1, -0.05) is 24.1 Å². The first-order valence-corrected chi connectivity index (χ1v) is 12.5. The molecule has 2 aromatic rings. The fourth-order valence-corrected chi connectivity index (χ4v) is 5.09. The molecule has 0 atom stereocenters. The number of hydrogen-bond donors (Lipinski definition) is 1. The normalized spacial score (nSPS) is 20.2. The summed E-state index contributed by atoms with van der Waals surface area (Å²) in [5, 5.41) is 3.28. The Morgan fingerprint density at radius 3 is 2.69 bits per heavy atom. The van der Waals surface area contributed by atoms with E-state index in [2.05, 4.69) is 38.2 Å². The number of aromatic nitrogens is 2. The lowest BCUT2D eigenvalue weighted by atomic mass is 9.80. The van der Waals surface area contributed by atoms with Crippen LogP contribution in [0.3, 0.4) is 0 Å². The Balaban J connectivity index is 1.29. The number of halogens is 1. The SMILES string of the molecule is CC1=Cc2c(ccc(Oc3cc(N4CCN(C)CC4)nc(NC4=NCC(C5CCC5)=C4)n3)c2F)C1. The minimum Gasteiger partial charge on any atom is -0.436 e. The van der Waals surface area contributed by atoms with Gasteiger partial charge >= 0.3 is 0 Å². The van der Waals surface area contributed by atoms with E-state index in [1.54, 1.807) is 12.1 Å². The zero-order chi connectivity index (χ0) is 23.9. The zero-order valence-electron chi connectivity index (χ0n) is 20.4. The van der Waals surface area contributed by atoms with Gasteiger partial charge in [0.05, 0.1) is 6.54 Å². The third-order valence-electron chi connectivity index (χ3n) is 7.45. The average molecular weight is 475 g/mol. The molecule has 1 saturated heterocycles. The van der Waals surface area contributed by atoms with E-state index in [4.69, 9.17) is 9.72 Å². The number of benzene rings is 1. The molecule has 0 bridgehead atoms. The maximum absolute atomic E-state index is 15.2. The summed E-state index contributed by atoms with van der Waals surface area (Å²) in [5.41, 5.74) is 4.13. The summed E-state index contributed by atoms with van der Waals surface area (Å²) in [6.07, 6.45) is 8.61. The Morgan fingerprint density at radius 1 is 1.09 bits per heavy atom. The van der Waals surface area contributed by atoms with Crippen molar-refractivity contribution in [3.63, 3.8) is 0 Å². The smallest absolute Gasteiger partial charge is 0.233 e. The lowest BCUT2D eigenvalue weighted by Crippen LogP contribution is -2.44. The second kappa shape index (κ2) is 9.07. The summed E-state index contributed by atoms with van der Waals surface area (Å²) in [6.45, 7) is 6.37. The summed E-state index contributed by atoms with van der Waals surface area (Å²) >= 11 is 0. The molecule has 35 heavy (non-hydrogen) atoms. The highest BCUT2D eigenvalue weighted by atomic mass is 19.1. The minimum atomic E-state index is -0.345. The van der Waals surface area contributed by atoms with Crippen molar-refractivity contribution in [1.82, 2.24) is 14.9 Å². The molecule has 1 N–H and O–H groups in total. The fourth-order valence-electron chi connectivity index (χ4n) is 5.09. The van der Waals surface area contributed by atoms with Crippen LogP contribution in [0.5, 0.6) is 11.6 Å². The van der Waals surface area contributed by atoms with Crippen LogP contribution < -0.4 is 15.0 Å². The Kier molecular flexibility index (Phi) is 5.76. The van der Waals surface area contributed by atoms with Gasteiger partial charge in [-0.3, -0.25) is 4.99 Å². The van der Waals surface area contributed by atoms with Gasteiger partial charge < -0.3 is 19.9 Å². The summed E-state index contributed by atoms with van der Waals surface area (Å²) in [5.74, 6) is 2.77. The van der Waals surface area contributed by atoms with Crippen LogP contribution in [0, 0.1) is 11.7 Å². The summed E-state index contributed by atoms with van der Waals surface area (Å²) in [4.78, 5) is 18.5. The Morgan fingerprint density at radius 2 is 1.91 bits per heavy atom. The molecule has 2 fully saturated rings. The largest absolute Gasteiger partial charge is 0.436 e. The van der Waals surface area contributed by atoms with E-state index in [1.807, 2.05) is 19.1 Å². The third kappa shape index (κ3) is 4.55. The van der Waals surface area contributed by atoms with Gasteiger partial charge in [-0.05, 0) is 62.4 Å². The number of piperazine rings is 1. The number of allylic oxidation sites excluding steroid dienone is 1. The number of nitrogens with one attached hydrogen (secondary N) is 1. The van der Waals surface area contributed by atoms with Crippen molar-refractivity contribution in [2.24, 2.45) is 10.9 Å². The molecule has 182 valence electrons. The number of ether oxygens (including phenoxy) is 1. The molecule has 1 aromatic carbocycles. The van der Waals surface area contributed by atoms with E-state index in [0.29, 0.717) is 23.3 Å². The highest BCUT2D eigenvalue weighted by Gasteiger charge is 2.25. The maximum atomic E-state index is 15.2. The topological polar surface area (TPSA) is 65.9 Å². The van der Waals surface area contributed by atoms with Gasteiger partial charge in [-0.25, -0.2) is 4.39 Å². The molecular weight excluding hydrogens is 443 g/mol. The lowest BCUT2D eigenvalue weighted by molar-refractivity contribution is 0.312. The summed E-state index contributed by atoms with van der Waals surface area (Å²) in [6, 6.07) is 5.43. The van der Waals surface area contributed by atoms with E-state index >= 15 is 4.39 Å². The van der Waals surface area contributed by atoms with E-state index < -0.39 is 0 Å². The van der Waals surface area contributed by atoms with Gasteiger partial charge in [0.2, 0.25) is 11.8 Å². The Hall–Kier alpha value is -3.26. The van der Waals surface area contributed by atoms with Crippen LogP contribution in [0.15, 0.2) is 40.4 Å². The van der Waals surface area contributed by atoms with Crippen LogP contribution in [-0.2, 0) is 6.42 Å². The van der Waals surface area contributed by atoms with Crippen molar-refractivity contribution in [2.75, 3.05) is 50.0 Å². The molecular formula is C27H31FN6O. The van der Waals surface area contributed by atoms with Gasteiger partial charge in [0.1, 0.15) is 11.7 Å². The molecule has 6 rings (SSSR count). The highest BCUT2D eigenvalue weighted by Crippen LogP contribution is 2.36. The van der Waals surface area contributed by atoms with Gasteiger partial charge in [0.25, 0.3) is 0 Å². The van der Waals surface area contributed by atoms with Crippen molar-refractivity contribution in [3.05, 3.63) is 52.4 Å². The van der Waals surface area contributed by atoms with Crippen molar-refractivity contribution in [3.8, 4) is 11.6 Å². The first kappa shape index (κ1) is 22.2. The number of hydrogen-bond acceptors (Lipinski definition) is 7. The molecule has 1 saturated carbocycles. The lowest BCUT2D eigenvalue weighted by Gasteiger charge is -2.33. The van der Waals surface area contributed by atoms with Crippen LogP contribution in [0.25, 0.3) is 6.08 Å². The van der Waals surface area contributed by atoms with Crippen LogP contribution in [-0.4, -0.2) is 60.5 Å². The molecule has 7 nitrogen and oxygen atoms in total. The van der Waals surface area contributed by atoms with Gasteiger partial charge in [-0.15, -0.1) is 0 Å². The summed E-state index contributed by atoms with van der Waals surface area (Å²) < 4.78 is 21.3. The number of aliphatic imine (C=N–C) groups is 1. The van der Waals surface area contributed by atoms with Gasteiger partial charge in [-0.2, -0.15) is 9.97 Å². The van der Waals surface area contributed by atoms with Gasteiger partial charge in [0.15, 0.2) is 11.6 Å². The fraction of sp³-hybridized carbons (Fsp3) is 0.444. The number of nitrogens with zero attached hydrogens (tertiary/aromatic N) is 5. The molecule has 0 spiro atoms. The van der Waals surface area contributed by atoms with Crippen molar-refractivity contribution in [1.29, 1.82) is 0 Å². The number of likely N-dealkylation sites (N-methyl/N-ethyl adjacent to an activating group) is 1. The number of fused-ring (bicyclic) bond motifs is 1. The molecule has 2 aliphatic carbocycles. The van der Waals surface area contributed by atoms with Crippen LogP contribution >= 0.6 is 0 Å². The van der Waals surface area contributed by atoms with E-state index in [1.165, 1.54) is 24.8 Å². The monoisotopic (exact) mass is 474 g/mol. The van der Waals surface area contributed by atoms with E-state index in [-0.39, 0.29) is 11.6 Å².